The van der Waals surface area contributed by atoms with Gasteiger partial charge in [0, 0.05) is 0 Å². The number of benzene rings is 2. The van der Waals surface area contributed by atoms with E-state index >= 15 is 0 Å². The van der Waals surface area contributed by atoms with Crippen LogP contribution >= 0.6 is 0 Å². The van der Waals surface area contributed by atoms with Gasteiger partial charge in [0.15, 0.2) is 0 Å². The molecule has 0 aliphatic carbocycles. The van der Waals surface area contributed by atoms with E-state index in [1.54, 1.807) is 0 Å². The van der Waals surface area contributed by atoms with Gasteiger partial charge in [0.25, 0.3) is 0 Å². The third kappa shape index (κ3) is 4.46. The van der Waals surface area contributed by atoms with Crippen LogP contribution in [-0.4, -0.2) is 0 Å². The molecule has 0 aliphatic heterocycles. The molecular weight excluding hydrogens is 264 g/mol. The summed E-state index contributed by atoms with van der Waals surface area (Å²) in [6.45, 7) is 8.76. The topological polar surface area (TPSA) is 0 Å². The number of allylic oxidation sites excluding steroid dienone is 3. The van der Waals surface area contributed by atoms with Crippen molar-refractivity contribution in [1.29, 1.82) is 0 Å². The average Bonchev–Trinajstić information content (AvgIpc) is 2.59. The van der Waals surface area contributed by atoms with E-state index in [0.29, 0.717) is 0 Å². The molecule has 0 aliphatic rings. The van der Waals surface area contributed by atoms with Gasteiger partial charge in [-0.3, -0.25) is 0 Å². The molecule has 0 fully saturated rings. The molecule has 0 N–H and O–H groups in total. The molecule has 0 amide bonds. The molecule has 22 heavy (non-hydrogen) atoms. The second-order valence-electron chi connectivity index (χ2n) is 5.87. The average molecular weight is 290 g/mol. The summed E-state index contributed by atoms with van der Waals surface area (Å²) < 4.78 is 0. The van der Waals surface area contributed by atoms with Gasteiger partial charge in [0.1, 0.15) is 0 Å². The van der Waals surface area contributed by atoms with Gasteiger partial charge in [-0.15, -0.1) is 0 Å². The number of hydrogen-bond donors (Lipinski definition) is 0. The van der Waals surface area contributed by atoms with Gasteiger partial charge in [-0.25, -0.2) is 0 Å². The van der Waals surface area contributed by atoms with E-state index in [2.05, 4.69) is 81.1 Å². The highest BCUT2D eigenvalue weighted by Crippen LogP contribution is 2.31. The molecule has 2 aromatic carbocycles. The summed E-state index contributed by atoms with van der Waals surface area (Å²) in [4.78, 5) is 0. The van der Waals surface area contributed by atoms with E-state index in [1.807, 2.05) is 0 Å². The second-order valence-corrected chi connectivity index (χ2v) is 5.87. The van der Waals surface area contributed by atoms with Crippen molar-refractivity contribution in [1.82, 2.24) is 0 Å². The van der Waals surface area contributed by atoms with Crippen LogP contribution in [0, 0.1) is 0 Å². The quantitative estimate of drug-likeness (QED) is 0.390. The molecule has 114 valence electrons. The van der Waals surface area contributed by atoms with E-state index < -0.39 is 0 Å². The van der Waals surface area contributed by atoms with Crippen LogP contribution in [0.15, 0.2) is 72.8 Å². The lowest BCUT2D eigenvalue weighted by molar-refractivity contribution is 0.780. The Morgan fingerprint density at radius 1 is 0.864 bits per heavy atom. The zero-order valence-corrected chi connectivity index (χ0v) is 13.8. The summed E-state index contributed by atoms with van der Waals surface area (Å²) in [6.07, 6.45) is 4.53. The zero-order valence-electron chi connectivity index (χ0n) is 13.8. The molecule has 0 bridgehead atoms. The standard InChI is InChI=1S/C22H26/c1-4-5-12-18(2)17-22(21-15-10-7-11-16-21)19(3)20-13-8-6-9-14-20/h6-11,13-16H,2,4-5,12,17H2,1,3H3/b22-19-. The van der Waals surface area contributed by atoms with Crippen LogP contribution in [0.4, 0.5) is 0 Å². The lowest BCUT2D eigenvalue weighted by Crippen LogP contribution is -1.93. The first-order valence-corrected chi connectivity index (χ1v) is 8.19. The van der Waals surface area contributed by atoms with Crippen molar-refractivity contribution in [3.63, 3.8) is 0 Å². The Hall–Kier alpha value is -2.08. The molecule has 0 unspecified atom stereocenters. The lowest BCUT2D eigenvalue weighted by Gasteiger charge is -2.15. The molecule has 2 rings (SSSR count). The fourth-order valence-corrected chi connectivity index (χ4v) is 2.72. The minimum Gasteiger partial charge on any atom is -0.0995 e. The van der Waals surface area contributed by atoms with Gasteiger partial charge in [-0.05, 0) is 48.5 Å². The Bertz CT molecular complexity index is 618. The van der Waals surface area contributed by atoms with Crippen molar-refractivity contribution in [3.8, 4) is 0 Å². The van der Waals surface area contributed by atoms with Crippen LogP contribution in [0.25, 0.3) is 11.1 Å². The van der Waals surface area contributed by atoms with Gasteiger partial charge in [-0.2, -0.15) is 0 Å². The van der Waals surface area contributed by atoms with Crippen LogP contribution in [0.3, 0.4) is 0 Å². The molecule has 2 aromatic rings. The maximum atomic E-state index is 4.30. The van der Waals surface area contributed by atoms with Gasteiger partial charge in [0.05, 0.1) is 0 Å². The first-order chi connectivity index (χ1) is 10.7. The Morgan fingerprint density at radius 3 is 1.95 bits per heavy atom. The summed E-state index contributed by atoms with van der Waals surface area (Å²) in [5.41, 5.74) is 6.68. The highest BCUT2D eigenvalue weighted by atomic mass is 14.1. The molecule has 0 heterocycles. The number of unbranched alkanes of at least 4 members (excludes halogenated alkanes) is 1. The molecule has 0 heteroatoms. The molecular formula is C22H26. The number of hydrogen-bond acceptors (Lipinski definition) is 0. The molecule has 0 radical (unpaired) electrons. The normalized spacial score (nSPS) is 11.9. The zero-order chi connectivity index (χ0) is 15.8. The van der Waals surface area contributed by atoms with Gasteiger partial charge in [0.2, 0.25) is 0 Å². The van der Waals surface area contributed by atoms with E-state index in [4.69, 9.17) is 0 Å². The second kappa shape index (κ2) is 8.38. The summed E-state index contributed by atoms with van der Waals surface area (Å²) >= 11 is 0. The SMILES string of the molecule is C=C(CCCC)C/C(=C(\C)c1ccccc1)c1ccccc1. The largest absolute Gasteiger partial charge is 0.0995 e. The highest BCUT2D eigenvalue weighted by Gasteiger charge is 2.09. The van der Waals surface area contributed by atoms with Crippen molar-refractivity contribution in [2.75, 3.05) is 0 Å². The van der Waals surface area contributed by atoms with Crippen LogP contribution < -0.4 is 0 Å². The van der Waals surface area contributed by atoms with Crippen LogP contribution in [0.5, 0.6) is 0 Å². The van der Waals surface area contributed by atoms with E-state index in [-0.39, 0.29) is 0 Å². The molecule has 0 aromatic heterocycles. The fourth-order valence-electron chi connectivity index (χ4n) is 2.72. The van der Waals surface area contributed by atoms with Crippen LogP contribution in [0.1, 0.15) is 50.7 Å². The summed E-state index contributed by atoms with van der Waals surface area (Å²) in [5.74, 6) is 0. The third-order valence-corrected chi connectivity index (χ3v) is 4.09. The molecule has 0 saturated heterocycles. The van der Waals surface area contributed by atoms with Gasteiger partial charge in [-0.1, -0.05) is 86.2 Å². The molecule has 0 nitrogen and oxygen atoms in total. The van der Waals surface area contributed by atoms with Crippen molar-refractivity contribution in [2.24, 2.45) is 0 Å². The van der Waals surface area contributed by atoms with Gasteiger partial charge < -0.3 is 0 Å². The van der Waals surface area contributed by atoms with Crippen LogP contribution in [0.2, 0.25) is 0 Å². The predicted octanol–water partition coefficient (Wildman–Crippen LogP) is 6.75. The molecule has 0 saturated carbocycles. The minimum absolute atomic E-state index is 0.963. The minimum atomic E-state index is 0.963. The van der Waals surface area contributed by atoms with Gasteiger partial charge >= 0.3 is 0 Å². The Balaban J connectivity index is 2.36. The predicted molar refractivity (Wildman–Crippen MR) is 98.7 cm³/mol. The third-order valence-electron chi connectivity index (χ3n) is 4.09. The van der Waals surface area contributed by atoms with Crippen molar-refractivity contribution < 1.29 is 0 Å². The highest BCUT2D eigenvalue weighted by molar-refractivity contribution is 5.90. The molecule has 0 atom stereocenters. The van der Waals surface area contributed by atoms with E-state index in [1.165, 1.54) is 40.7 Å². The van der Waals surface area contributed by atoms with Crippen molar-refractivity contribution in [3.05, 3.63) is 83.9 Å². The summed E-state index contributed by atoms with van der Waals surface area (Å²) in [6, 6.07) is 21.4. The maximum absolute atomic E-state index is 4.30. The van der Waals surface area contributed by atoms with Crippen molar-refractivity contribution in [2.45, 2.75) is 39.5 Å². The summed E-state index contributed by atoms with van der Waals surface area (Å²) in [7, 11) is 0. The lowest BCUT2D eigenvalue weighted by atomic mass is 9.90. The first kappa shape index (κ1) is 16.3. The fraction of sp³-hybridized carbons (Fsp3) is 0.273. The van der Waals surface area contributed by atoms with E-state index in [9.17, 15) is 0 Å². The van der Waals surface area contributed by atoms with E-state index in [0.717, 1.165) is 12.8 Å². The smallest absolute Gasteiger partial charge is 0.00610 e. The first-order valence-electron chi connectivity index (χ1n) is 8.19. The summed E-state index contributed by atoms with van der Waals surface area (Å²) in [5, 5.41) is 0. The Morgan fingerprint density at radius 2 is 1.41 bits per heavy atom. The Kier molecular flexibility index (Phi) is 6.21. The molecule has 0 spiro atoms. The number of rotatable bonds is 7. The monoisotopic (exact) mass is 290 g/mol. The van der Waals surface area contributed by atoms with Crippen molar-refractivity contribution >= 4 is 11.1 Å². The Labute approximate surface area is 135 Å². The maximum Gasteiger partial charge on any atom is -0.00610 e. The van der Waals surface area contributed by atoms with Crippen LogP contribution in [-0.2, 0) is 0 Å².